The molecule has 9 nitrogen and oxygen atoms in total. The van der Waals surface area contributed by atoms with Crippen molar-refractivity contribution in [2.75, 3.05) is 40.0 Å². The average Bonchev–Trinajstić information content (AvgIpc) is 2.71. The number of nitrogens with zero attached hydrogens (tertiary/aromatic N) is 1. The second-order valence-electron chi connectivity index (χ2n) is 8.02. The summed E-state index contributed by atoms with van der Waals surface area (Å²) in [5.41, 5.74) is 0.647. The quantitative estimate of drug-likeness (QED) is 0.573. The zero-order chi connectivity index (χ0) is 22.4. The fourth-order valence-electron chi connectivity index (χ4n) is 4.11. The van der Waals surface area contributed by atoms with E-state index in [9.17, 15) is 18.3 Å². The zero-order valence-electron chi connectivity index (χ0n) is 18.0. The van der Waals surface area contributed by atoms with Crippen LogP contribution in [0.3, 0.4) is 0 Å². The highest BCUT2D eigenvalue weighted by molar-refractivity contribution is 7.89. The number of carbonyl (C=O) groups excluding carboxylic acids is 1. The van der Waals surface area contributed by atoms with Crippen LogP contribution >= 0.6 is 0 Å². The lowest BCUT2D eigenvalue weighted by Gasteiger charge is -2.43. The summed E-state index contributed by atoms with van der Waals surface area (Å²) in [7, 11) is -2.28. The van der Waals surface area contributed by atoms with E-state index in [1.807, 2.05) is 0 Å². The number of benzene rings is 1. The molecule has 174 valence electrons. The maximum Gasteiger partial charge on any atom is 0.243 e. The first kappa shape index (κ1) is 24.1. The molecule has 2 saturated heterocycles. The van der Waals surface area contributed by atoms with Crippen LogP contribution in [-0.2, 0) is 29.0 Å². The topological polar surface area (TPSA) is 114 Å². The van der Waals surface area contributed by atoms with Crippen LogP contribution in [0.5, 0.6) is 0 Å². The molecule has 2 aliphatic heterocycles. The SMILES string of the molecule is COCCNC(=O)C[C@H]1CC[C@H]2[C@@H](COC[C@@H](O)CN2S(=O)(=O)c2ccccc2C)O1. The summed E-state index contributed by atoms with van der Waals surface area (Å²) >= 11 is 0. The molecule has 3 rings (SSSR count). The predicted molar refractivity (Wildman–Crippen MR) is 113 cm³/mol. The number of sulfonamides is 1. The molecule has 0 spiro atoms. The molecule has 0 radical (unpaired) electrons. The van der Waals surface area contributed by atoms with Crippen LogP contribution in [0.1, 0.15) is 24.8 Å². The van der Waals surface area contributed by atoms with Crippen LogP contribution in [0.4, 0.5) is 0 Å². The lowest BCUT2D eigenvalue weighted by atomic mass is 9.96. The minimum Gasteiger partial charge on any atom is -0.389 e. The molecule has 1 aromatic rings. The Kier molecular flexibility index (Phi) is 8.43. The van der Waals surface area contributed by atoms with Gasteiger partial charge in [0.1, 0.15) is 0 Å². The first-order valence-corrected chi connectivity index (χ1v) is 12.0. The number of methoxy groups -OCH3 is 1. The highest BCUT2D eigenvalue weighted by atomic mass is 32.2. The minimum atomic E-state index is -3.85. The van der Waals surface area contributed by atoms with Crippen molar-refractivity contribution >= 4 is 15.9 Å². The van der Waals surface area contributed by atoms with Crippen LogP contribution in [0.25, 0.3) is 0 Å². The molecule has 4 atom stereocenters. The molecule has 10 heteroatoms. The van der Waals surface area contributed by atoms with Crippen molar-refractivity contribution in [3.05, 3.63) is 29.8 Å². The Morgan fingerprint density at radius 3 is 2.81 bits per heavy atom. The summed E-state index contributed by atoms with van der Waals surface area (Å²) in [4.78, 5) is 12.4. The van der Waals surface area contributed by atoms with Crippen molar-refractivity contribution in [3.8, 4) is 0 Å². The van der Waals surface area contributed by atoms with Gasteiger partial charge >= 0.3 is 0 Å². The van der Waals surface area contributed by atoms with E-state index in [1.54, 1.807) is 38.3 Å². The van der Waals surface area contributed by atoms with Crippen molar-refractivity contribution in [2.45, 2.75) is 55.4 Å². The summed E-state index contributed by atoms with van der Waals surface area (Å²) in [5.74, 6) is -0.132. The van der Waals surface area contributed by atoms with Gasteiger partial charge in [-0.05, 0) is 31.4 Å². The lowest BCUT2D eigenvalue weighted by Crippen LogP contribution is -2.57. The summed E-state index contributed by atoms with van der Waals surface area (Å²) < 4.78 is 45.0. The average molecular weight is 457 g/mol. The Balaban J connectivity index is 1.76. The van der Waals surface area contributed by atoms with E-state index in [0.29, 0.717) is 31.6 Å². The Labute approximate surface area is 183 Å². The lowest BCUT2D eigenvalue weighted by molar-refractivity contribution is -0.146. The maximum atomic E-state index is 13.5. The Bertz CT molecular complexity index is 848. The number of rotatable bonds is 7. The van der Waals surface area contributed by atoms with Gasteiger partial charge in [-0.2, -0.15) is 4.31 Å². The molecule has 2 heterocycles. The fraction of sp³-hybridized carbons (Fsp3) is 0.667. The number of hydrogen-bond acceptors (Lipinski definition) is 7. The molecular weight excluding hydrogens is 424 g/mol. The highest BCUT2D eigenvalue weighted by Gasteiger charge is 2.43. The number of aliphatic hydroxyl groups is 1. The van der Waals surface area contributed by atoms with Gasteiger partial charge < -0.3 is 24.6 Å². The monoisotopic (exact) mass is 456 g/mol. The highest BCUT2D eigenvalue weighted by Crippen LogP contribution is 2.32. The third-order valence-corrected chi connectivity index (χ3v) is 7.71. The van der Waals surface area contributed by atoms with E-state index >= 15 is 0 Å². The number of fused-ring (bicyclic) bond motifs is 1. The van der Waals surface area contributed by atoms with Gasteiger partial charge in [0.05, 0.1) is 55.5 Å². The number of carbonyl (C=O) groups is 1. The largest absolute Gasteiger partial charge is 0.389 e. The first-order valence-electron chi connectivity index (χ1n) is 10.6. The molecule has 0 aromatic heterocycles. The Hall–Kier alpha value is -1.56. The second kappa shape index (κ2) is 10.8. The third kappa shape index (κ3) is 6.03. The fourth-order valence-corrected chi connectivity index (χ4v) is 6.06. The first-order chi connectivity index (χ1) is 14.8. The summed E-state index contributed by atoms with van der Waals surface area (Å²) in [6, 6.07) is 6.34. The predicted octanol–water partition coefficient (Wildman–Crippen LogP) is 0.446. The normalized spacial score (nSPS) is 27.7. The van der Waals surface area contributed by atoms with Crippen LogP contribution in [0, 0.1) is 6.92 Å². The van der Waals surface area contributed by atoms with Crippen molar-refractivity contribution < 1.29 is 32.5 Å². The molecule has 2 N–H and O–H groups in total. The number of nitrogens with one attached hydrogen (secondary N) is 1. The summed E-state index contributed by atoms with van der Waals surface area (Å²) in [6.45, 7) is 2.73. The molecule has 1 aromatic carbocycles. The van der Waals surface area contributed by atoms with Gasteiger partial charge in [0.15, 0.2) is 0 Å². The number of ether oxygens (including phenoxy) is 3. The van der Waals surface area contributed by atoms with Gasteiger partial charge in [0.2, 0.25) is 15.9 Å². The number of amides is 1. The van der Waals surface area contributed by atoms with Crippen molar-refractivity contribution in [2.24, 2.45) is 0 Å². The Morgan fingerprint density at radius 1 is 1.29 bits per heavy atom. The molecule has 1 amide bonds. The summed E-state index contributed by atoms with van der Waals surface area (Å²) in [6.07, 6.45) is -0.517. The minimum absolute atomic E-state index is 0.0224. The molecule has 0 bridgehead atoms. The standard InChI is InChI=1S/C21H32N2O7S/c1-15-5-3-4-6-20(15)31(26,27)23-12-16(24)13-29-14-19-18(23)8-7-17(30-19)11-21(25)22-9-10-28-2/h3-6,16-19,24H,7-14H2,1-2H3,(H,22,25)/t16-,17+,18-,19+/m0/s1. The Morgan fingerprint density at radius 2 is 2.06 bits per heavy atom. The van der Waals surface area contributed by atoms with Crippen molar-refractivity contribution in [1.82, 2.24) is 9.62 Å². The van der Waals surface area contributed by atoms with Crippen LogP contribution in [0.15, 0.2) is 29.2 Å². The van der Waals surface area contributed by atoms with Crippen LogP contribution in [-0.4, -0.2) is 88.1 Å². The van der Waals surface area contributed by atoms with Gasteiger partial charge in [-0.3, -0.25) is 4.79 Å². The van der Waals surface area contributed by atoms with Crippen molar-refractivity contribution in [3.63, 3.8) is 0 Å². The molecular formula is C21H32N2O7S. The number of aliphatic hydroxyl groups excluding tert-OH is 1. The second-order valence-corrected chi connectivity index (χ2v) is 9.88. The third-order valence-electron chi connectivity index (χ3n) is 5.66. The van der Waals surface area contributed by atoms with E-state index in [2.05, 4.69) is 5.32 Å². The molecule has 0 aliphatic carbocycles. The molecule has 2 fully saturated rings. The smallest absolute Gasteiger partial charge is 0.243 e. The van der Waals surface area contributed by atoms with Gasteiger partial charge in [-0.25, -0.2) is 8.42 Å². The zero-order valence-corrected chi connectivity index (χ0v) is 18.8. The number of aryl methyl sites for hydroxylation is 1. The van der Waals surface area contributed by atoms with E-state index < -0.39 is 28.3 Å². The number of hydrogen-bond donors (Lipinski definition) is 2. The summed E-state index contributed by atoms with van der Waals surface area (Å²) in [5, 5.41) is 13.1. The van der Waals surface area contributed by atoms with E-state index in [0.717, 1.165) is 0 Å². The van der Waals surface area contributed by atoms with E-state index in [4.69, 9.17) is 14.2 Å². The molecule has 2 aliphatic rings. The molecule has 31 heavy (non-hydrogen) atoms. The van der Waals surface area contributed by atoms with Crippen LogP contribution < -0.4 is 5.32 Å². The van der Waals surface area contributed by atoms with Gasteiger partial charge in [-0.1, -0.05) is 18.2 Å². The van der Waals surface area contributed by atoms with Gasteiger partial charge in [0.25, 0.3) is 0 Å². The van der Waals surface area contributed by atoms with E-state index in [-0.39, 0.29) is 43.1 Å². The van der Waals surface area contributed by atoms with E-state index in [1.165, 1.54) is 4.31 Å². The van der Waals surface area contributed by atoms with Gasteiger partial charge in [-0.15, -0.1) is 0 Å². The van der Waals surface area contributed by atoms with Crippen molar-refractivity contribution in [1.29, 1.82) is 0 Å². The maximum absolute atomic E-state index is 13.5. The van der Waals surface area contributed by atoms with Gasteiger partial charge in [0, 0.05) is 20.2 Å². The van der Waals surface area contributed by atoms with Crippen LogP contribution in [0.2, 0.25) is 0 Å². The molecule has 0 unspecified atom stereocenters. The number of β-amino-alcohol motifs (C(OH)–C–C–N with tert-alkyl or cyclic N) is 1. The molecule has 0 saturated carbocycles.